The van der Waals surface area contributed by atoms with Gasteiger partial charge in [0.25, 0.3) is 0 Å². The monoisotopic (exact) mass is 430 g/mol. The van der Waals surface area contributed by atoms with Crippen LogP contribution in [-0.2, 0) is 11.4 Å². The maximum absolute atomic E-state index is 10.7. The molecule has 0 saturated carbocycles. The minimum Gasteiger partial charge on any atom is -0.491 e. The van der Waals surface area contributed by atoms with Crippen LogP contribution in [0.25, 0.3) is 0 Å². The number of hydrogen-bond acceptors (Lipinski definition) is 5. The van der Waals surface area contributed by atoms with Crippen LogP contribution in [0, 0.1) is 6.92 Å². The van der Waals surface area contributed by atoms with E-state index < -0.39 is 6.10 Å². The largest absolute Gasteiger partial charge is 0.491 e. The van der Waals surface area contributed by atoms with Gasteiger partial charge in [0, 0.05) is 31.6 Å². The van der Waals surface area contributed by atoms with Crippen LogP contribution in [0.15, 0.2) is 90.1 Å². The number of hydrogen-bond donors (Lipinski definition) is 1. The lowest BCUT2D eigenvalue weighted by molar-refractivity contribution is 0.0213. The summed E-state index contributed by atoms with van der Waals surface area (Å²) in [6.45, 7) is 4.22. The van der Waals surface area contributed by atoms with Gasteiger partial charge in [-0.05, 0) is 30.2 Å². The van der Waals surface area contributed by atoms with Crippen LogP contribution in [-0.4, -0.2) is 47.6 Å². The Balaban J connectivity index is 1.37. The van der Waals surface area contributed by atoms with Gasteiger partial charge in [0.05, 0.1) is 5.71 Å². The lowest BCUT2D eigenvalue weighted by Gasteiger charge is -2.27. The van der Waals surface area contributed by atoms with Gasteiger partial charge < -0.3 is 14.7 Å². The molecule has 5 nitrogen and oxygen atoms in total. The van der Waals surface area contributed by atoms with Crippen molar-refractivity contribution in [3.63, 3.8) is 0 Å². The van der Waals surface area contributed by atoms with Gasteiger partial charge in [0.2, 0.25) is 0 Å². The first-order valence-electron chi connectivity index (χ1n) is 11.1. The molecular formula is C27H30N2O3. The Labute approximate surface area is 189 Å². The Morgan fingerprint density at radius 3 is 2.44 bits per heavy atom. The van der Waals surface area contributed by atoms with Crippen LogP contribution in [0.1, 0.15) is 23.1 Å². The number of ether oxygens (including phenoxy) is 1. The second-order valence-electron chi connectivity index (χ2n) is 8.24. The minimum absolute atomic E-state index is 0.0458. The lowest BCUT2D eigenvalue weighted by Crippen LogP contribution is -2.39. The number of nitrogens with zero attached hydrogens (tertiary/aromatic N) is 2. The first kappa shape index (κ1) is 22.1. The van der Waals surface area contributed by atoms with Gasteiger partial charge in [-0.3, -0.25) is 4.90 Å². The fraction of sp³-hybridized carbons (Fsp3) is 0.296. The Bertz CT molecular complexity index is 1010. The van der Waals surface area contributed by atoms with Crippen molar-refractivity contribution in [2.45, 2.75) is 32.1 Å². The molecule has 1 N–H and O–H groups in total. The van der Waals surface area contributed by atoms with Crippen molar-refractivity contribution >= 4 is 5.71 Å². The molecule has 3 aromatic rings. The molecule has 0 aromatic heterocycles. The Morgan fingerprint density at radius 1 is 1.00 bits per heavy atom. The number of rotatable bonds is 10. The molecule has 4 rings (SSSR count). The van der Waals surface area contributed by atoms with Crippen LogP contribution < -0.4 is 4.74 Å². The fourth-order valence-electron chi connectivity index (χ4n) is 3.98. The van der Waals surface area contributed by atoms with Gasteiger partial charge in [-0.15, -0.1) is 0 Å². The molecule has 0 aliphatic carbocycles. The van der Waals surface area contributed by atoms with E-state index in [1.54, 1.807) is 0 Å². The van der Waals surface area contributed by atoms with Crippen LogP contribution in [0.5, 0.6) is 5.75 Å². The quantitative estimate of drug-likeness (QED) is 0.517. The molecule has 0 radical (unpaired) electrons. The zero-order valence-electron chi connectivity index (χ0n) is 18.4. The summed E-state index contributed by atoms with van der Waals surface area (Å²) in [6.07, 6.45) is 0.0971. The molecule has 1 aliphatic heterocycles. The van der Waals surface area contributed by atoms with E-state index in [4.69, 9.17) is 9.57 Å². The predicted octanol–water partition coefficient (Wildman–Crippen LogP) is 4.43. The topological polar surface area (TPSA) is 54.3 Å². The summed E-state index contributed by atoms with van der Waals surface area (Å²) in [6, 6.07) is 28.1. The van der Waals surface area contributed by atoms with Gasteiger partial charge in [-0.25, -0.2) is 0 Å². The van der Waals surface area contributed by atoms with Gasteiger partial charge in [-0.2, -0.15) is 0 Å². The predicted molar refractivity (Wildman–Crippen MR) is 127 cm³/mol. The van der Waals surface area contributed by atoms with Gasteiger partial charge in [-0.1, -0.05) is 78.0 Å². The summed E-state index contributed by atoms with van der Waals surface area (Å²) < 4.78 is 5.75. The van der Waals surface area contributed by atoms with E-state index in [1.165, 1.54) is 11.1 Å². The molecule has 2 unspecified atom stereocenters. The van der Waals surface area contributed by atoms with Crippen molar-refractivity contribution in [2.75, 3.05) is 19.7 Å². The minimum atomic E-state index is -0.614. The van der Waals surface area contributed by atoms with Crippen molar-refractivity contribution < 1.29 is 14.7 Å². The number of oxime groups is 1. The molecule has 32 heavy (non-hydrogen) atoms. The first-order valence-corrected chi connectivity index (χ1v) is 11.1. The van der Waals surface area contributed by atoms with Gasteiger partial charge >= 0.3 is 0 Å². The molecule has 0 amide bonds. The van der Waals surface area contributed by atoms with Gasteiger partial charge in [0.15, 0.2) is 0 Å². The zero-order valence-corrected chi connectivity index (χ0v) is 18.4. The summed E-state index contributed by atoms with van der Waals surface area (Å²) in [5, 5.41) is 15.0. The maximum Gasteiger partial charge on any atom is 0.145 e. The third kappa shape index (κ3) is 6.19. The van der Waals surface area contributed by atoms with E-state index in [1.807, 2.05) is 60.7 Å². The molecular weight excluding hydrogens is 400 g/mol. The number of para-hydroxylation sites is 1. The number of benzene rings is 3. The average molecular weight is 431 g/mol. The fourth-order valence-corrected chi connectivity index (χ4v) is 3.98. The summed E-state index contributed by atoms with van der Waals surface area (Å²) in [5.41, 5.74) is 4.52. The standard InChI is InChI=1S/C27H30N2O3/c1-21-10-8-9-15-26(21)27-16-25(32-28-27)19-29(17-22-11-4-2-5-12-22)18-23(30)20-31-24-13-6-3-7-14-24/h2-15,23,25,30H,16-20H2,1H3. The van der Waals surface area contributed by atoms with E-state index in [0.29, 0.717) is 13.1 Å². The van der Waals surface area contributed by atoms with Crippen LogP contribution in [0.3, 0.4) is 0 Å². The molecule has 5 heteroatoms. The lowest BCUT2D eigenvalue weighted by atomic mass is 10.00. The highest BCUT2D eigenvalue weighted by molar-refractivity contribution is 6.02. The molecule has 0 saturated heterocycles. The van der Waals surface area contributed by atoms with Crippen LogP contribution >= 0.6 is 0 Å². The number of aliphatic hydroxyl groups is 1. The van der Waals surface area contributed by atoms with E-state index in [9.17, 15) is 5.11 Å². The normalized spacial score (nSPS) is 16.5. The van der Waals surface area contributed by atoms with E-state index >= 15 is 0 Å². The average Bonchev–Trinajstić information content (AvgIpc) is 3.27. The van der Waals surface area contributed by atoms with Crippen molar-refractivity contribution in [1.82, 2.24) is 4.90 Å². The van der Waals surface area contributed by atoms with Crippen molar-refractivity contribution in [2.24, 2.45) is 5.16 Å². The first-order chi connectivity index (χ1) is 15.7. The van der Waals surface area contributed by atoms with Crippen LogP contribution in [0.4, 0.5) is 0 Å². The zero-order chi connectivity index (χ0) is 22.2. The Kier molecular flexibility index (Phi) is 7.54. The molecule has 166 valence electrons. The Morgan fingerprint density at radius 2 is 1.69 bits per heavy atom. The molecule has 1 aliphatic rings. The number of aryl methyl sites for hydroxylation is 1. The van der Waals surface area contributed by atoms with E-state index in [2.05, 4.69) is 41.2 Å². The second-order valence-corrected chi connectivity index (χ2v) is 8.24. The van der Waals surface area contributed by atoms with Crippen molar-refractivity contribution in [1.29, 1.82) is 0 Å². The molecule has 0 fully saturated rings. The highest BCUT2D eigenvalue weighted by Crippen LogP contribution is 2.21. The molecule has 0 spiro atoms. The number of aliphatic hydroxyl groups excluding tert-OH is 1. The molecule has 2 atom stereocenters. The van der Waals surface area contributed by atoms with Gasteiger partial charge in [0.1, 0.15) is 24.6 Å². The molecule has 1 heterocycles. The highest BCUT2D eigenvalue weighted by Gasteiger charge is 2.26. The SMILES string of the molecule is Cc1ccccc1C1=NOC(CN(Cc2ccccc2)CC(O)COc2ccccc2)C1. The van der Waals surface area contributed by atoms with Crippen molar-refractivity contribution in [3.05, 3.63) is 102 Å². The third-order valence-corrected chi connectivity index (χ3v) is 5.55. The van der Waals surface area contributed by atoms with Crippen molar-refractivity contribution in [3.8, 4) is 5.75 Å². The van der Waals surface area contributed by atoms with E-state index in [0.717, 1.165) is 30.0 Å². The summed E-state index contributed by atoms with van der Waals surface area (Å²) in [7, 11) is 0. The summed E-state index contributed by atoms with van der Waals surface area (Å²) in [5.74, 6) is 0.761. The van der Waals surface area contributed by atoms with E-state index in [-0.39, 0.29) is 12.7 Å². The molecule has 0 bridgehead atoms. The summed E-state index contributed by atoms with van der Waals surface area (Å²) in [4.78, 5) is 8.01. The smallest absolute Gasteiger partial charge is 0.145 e. The third-order valence-electron chi connectivity index (χ3n) is 5.55. The van der Waals surface area contributed by atoms with Crippen LogP contribution in [0.2, 0.25) is 0 Å². The Hall–Kier alpha value is -3.15. The maximum atomic E-state index is 10.7. The second kappa shape index (κ2) is 10.9. The highest BCUT2D eigenvalue weighted by atomic mass is 16.6. The summed E-state index contributed by atoms with van der Waals surface area (Å²) >= 11 is 0. The molecule has 3 aromatic carbocycles.